The van der Waals surface area contributed by atoms with Crippen LogP contribution in [0.5, 0.6) is 5.75 Å². The van der Waals surface area contributed by atoms with Crippen LogP contribution in [-0.4, -0.2) is 9.85 Å². The Labute approximate surface area is 82.2 Å². The van der Waals surface area contributed by atoms with Crippen LogP contribution >= 0.6 is 0 Å². The number of nitro groups is 2. The molecule has 0 saturated heterocycles. The van der Waals surface area contributed by atoms with Gasteiger partial charge in [0.25, 0.3) is 0 Å². The normalized spacial score (nSPS) is 9.87. The lowest BCUT2D eigenvalue weighted by Crippen LogP contribution is -2.02. The van der Waals surface area contributed by atoms with Gasteiger partial charge in [-0.3, -0.25) is 25.3 Å². The Balaban J connectivity index is 3.59. The van der Waals surface area contributed by atoms with Crippen LogP contribution in [0.2, 0.25) is 0 Å². The third kappa shape index (κ3) is 1.57. The van der Waals surface area contributed by atoms with Gasteiger partial charge in [0, 0.05) is 0 Å². The molecule has 15 heavy (non-hydrogen) atoms. The summed E-state index contributed by atoms with van der Waals surface area (Å²) in [5.41, 5.74) is 7.15. The average molecular weight is 213 g/mol. The van der Waals surface area contributed by atoms with Gasteiger partial charge in [0.05, 0.1) is 15.9 Å². The maximum Gasteiger partial charge on any atom is 0.303 e. The molecule has 1 radical (unpaired) electrons. The second-order valence-corrected chi connectivity index (χ2v) is 2.59. The lowest BCUT2D eigenvalue weighted by atomic mass is 10.2. The number of rotatable bonds is 2. The molecule has 0 aliphatic rings. The van der Waals surface area contributed by atoms with Gasteiger partial charge in [-0.15, -0.1) is 0 Å². The summed E-state index contributed by atoms with van der Waals surface area (Å²) < 4.78 is 0. The molecule has 0 fully saturated rings. The summed E-state index contributed by atoms with van der Waals surface area (Å²) in [4.78, 5) is 18.8. The SMILES string of the molecule is Nc1c([N+](=O)[O-])cc([N+](=O)[O-])c(N)c1[O]. The second kappa shape index (κ2) is 3.29. The predicted molar refractivity (Wildman–Crippen MR) is 48.7 cm³/mol. The number of benzene rings is 1. The summed E-state index contributed by atoms with van der Waals surface area (Å²) in [6, 6.07) is 0.562. The molecule has 0 bridgehead atoms. The highest BCUT2D eigenvalue weighted by molar-refractivity contribution is 5.82. The molecule has 1 aromatic carbocycles. The molecule has 9 nitrogen and oxygen atoms in total. The zero-order valence-electron chi connectivity index (χ0n) is 7.17. The van der Waals surface area contributed by atoms with Crippen LogP contribution in [0.25, 0.3) is 0 Å². The van der Waals surface area contributed by atoms with Gasteiger partial charge in [0.1, 0.15) is 0 Å². The zero-order chi connectivity index (χ0) is 11.7. The first-order valence-electron chi connectivity index (χ1n) is 3.54. The second-order valence-electron chi connectivity index (χ2n) is 2.59. The molecule has 0 heterocycles. The molecule has 0 aliphatic heterocycles. The zero-order valence-corrected chi connectivity index (χ0v) is 7.17. The summed E-state index contributed by atoms with van der Waals surface area (Å²) in [5.74, 6) is -1.10. The van der Waals surface area contributed by atoms with Gasteiger partial charge in [0.2, 0.25) is 5.75 Å². The van der Waals surface area contributed by atoms with Crippen LogP contribution in [-0.2, 0) is 5.11 Å². The fraction of sp³-hybridized carbons (Fsp3) is 0. The Morgan fingerprint density at radius 1 is 1.00 bits per heavy atom. The number of hydrogen-bond acceptors (Lipinski definition) is 6. The van der Waals surface area contributed by atoms with Crippen LogP contribution in [0.4, 0.5) is 22.7 Å². The standard InChI is InChI=1S/C6H5N4O5/c7-4-2(9(12)13)1-3(10(14)15)5(8)6(4)11/h1H,7-8H2. The molecule has 0 amide bonds. The van der Waals surface area contributed by atoms with E-state index in [-0.39, 0.29) is 0 Å². The van der Waals surface area contributed by atoms with Gasteiger partial charge in [-0.25, -0.2) is 0 Å². The average Bonchev–Trinajstić information content (AvgIpc) is 2.13. The largest absolute Gasteiger partial charge is 0.390 e. The van der Waals surface area contributed by atoms with E-state index in [1.165, 1.54) is 0 Å². The van der Waals surface area contributed by atoms with Gasteiger partial charge in [0.15, 0.2) is 11.4 Å². The summed E-state index contributed by atoms with van der Waals surface area (Å²) in [5, 5.41) is 31.9. The van der Waals surface area contributed by atoms with E-state index in [1.807, 2.05) is 0 Å². The number of hydrogen-bond donors (Lipinski definition) is 2. The lowest BCUT2D eigenvalue weighted by molar-refractivity contribution is -0.393. The molecule has 1 aromatic rings. The molecule has 0 aromatic heterocycles. The molecule has 1 rings (SSSR count). The van der Waals surface area contributed by atoms with Crippen LogP contribution in [0.15, 0.2) is 6.07 Å². The molecule has 9 heteroatoms. The van der Waals surface area contributed by atoms with Crippen LogP contribution in [0.3, 0.4) is 0 Å². The number of nitrogens with zero attached hydrogens (tertiary/aromatic N) is 2. The van der Waals surface area contributed by atoms with E-state index in [4.69, 9.17) is 11.5 Å². The molecular weight excluding hydrogens is 208 g/mol. The first-order valence-corrected chi connectivity index (χ1v) is 3.54. The Hall–Kier alpha value is -2.58. The van der Waals surface area contributed by atoms with E-state index in [0.29, 0.717) is 6.07 Å². The summed E-state index contributed by atoms with van der Waals surface area (Å²) in [6.07, 6.45) is 0. The molecule has 0 aliphatic carbocycles. The molecule has 0 atom stereocenters. The van der Waals surface area contributed by atoms with Gasteiger partial charge >= 0.3 is 11.4 Å². The summed E-state index contributed by atoms with van der Waals surface area (Å²) in [6.45, 7) is 0. The molecule has 0 spiro atoms. The van der Waals surface area contributed by atoms with E-state index in [9.17, 15) is 25.3 Å². The van der Waals surface area contributed by atoms with Crippen LogP contribution < -0.4 is 11.5 Å². The third-order valence-corrected chi connectivity index (χ3v) is 1.71. The molecule has 0 unspecified atom stereocenters. The molecule has 0 saturated carbocycles. The molecule has 79 valence electrons. The lowest BCUT2D eigenvalue weighted by Gasteiger charge is -2.01. The smallest absolute Gasteiger partial charge is 0.303 e. The van der Waals surface area contributed by atoms with Gasteiger partial charge < -0.3 is 11.5 Å². The minimum Gasteiger partial charge on any atom is -0.390 e. The van der Waals surface area contributed by atoms with Crippen LogP contribution in [0, 0.1) is 20.2 Å². The van der Waals surface area contributed by atoms with Crippen LogP contribution in [0.1, 0.15) is 0 Å². The molecule has 4 N–H and O–H groups in total. The fourth-order valence-corrected chi connectivity index (χ4v) is 0.965. The van der Waals surface area contributed by atoms with E-state index >= 15 is 0 Å². The maximum atomic E-state index is 11.2. The van der Waals surface area contributed by atoms with E-state index in [0.717, 1.165) is 0 Å². The van der Waals surface area contributed by atoms with E-state index < -0.39 is 38.3 Å². The van der Waals surface area contributed by atoms with Crippen molar-refractivity contribution in [3.63, 3.8) is 0 Å². The number of anilines is 2. The van der Waals surface area contributed by atoms with Crippen molar-refractivity contribution in [3.05, 3.63) is 26.3 Å². The Morgan fingerprint density at radius 3 is 1.60 bits per heavy atom. The maximum absolute atomic E-state index is 11.2. The minimum absolute atomic E-state index is 0.562. The molecular formula is C6H5N4O5. The Morgan fingerprint density at radius 2 is 1.33 bits per heavy atom. The topological polar surface area (TPSA) is 158 Å². The van der Waals surface area contributed by atoms with Crippen molar-refractivity contribution < 1.29 is 15.0 Å². The Kier molecular flexibility index (Phi) is 2.30. The van der Waals surface area contributed by atoms with Crippen molar-refractivity contribution in [2.75, 3.05) is 11.5 Å². The first kappa shape index (κ1) is 10.5. The summed E-state index contributed by atoms with van der Waals surface area (Å²) >= 11 is 0. The van der Waals surface area contributed by atoms with Crippen molar-refractivity contribution >= 4 is 22.7 Å². The van der Waals surface area contributed by atoms with Crippen molar-refractivity contribution in [1.29, 1.82) is 0 Å². The third-order valence-electron chi connectivity index (χ3n) is 1.71. The number of nitrogens with two attached hydrogens (primary N) is 2. The van der Waals surface area contributed by atoms with E-state index in [2.05, 4.69) is 0 Å². The van der Waals surface area contributed by atoms with Crippen molar-refractivity contribution in [1.82, 2.24) is 0 Å². The monoisotopic (exact) mass is 213 g/mol. The van der Waals surface area contributed by atoms with Crippen molar-refractivity contribution in [3.8, 4) is 5.75 Å². The fourth-order valence-electron chi connectivity index (χ4n) is 0.965. The van der Waals surface area contributed by atoms with Gasteiger partial charge in [-0.1, -0.05) is 0 Å². The van der Waals surface area contributed by atoms with Crippen molar-refractivity contribution in [2.45, 2.75) is 0 Å². The van der Waals surface area contributed by atoms with Gasteiger partial charge in [-0.2, -0.15) is 0 Å². The number of nitrogen functional groups attached to an aromatic ring is 2. The highest BCUT2D eigenvalue weighted by Crippen LogP contribution is 2.42. The first-order chi connectivity index (χ1) is 6.86. The highest BCUT2D eigenvalue weighted by Gasteiger charge is 2.28. The quantitative estimate of drug-likeness (QED) is 0.420. The van der Waals surface area contributed by atoms with E-state index in [1.54, 1.807) is 0 Å². The number of nitro benzene ring substituents is 2. The Bertz CT molecular complexity index is 419. The summed E-state index contributed by atoms with van der Waals surface area (Å²) in [7, 11) is 0. The highest BCUT2D eigenvalue weighted by atomic mass is 16.6. The predicted octanol–water partition coefficient (Wildman–Crippen LogP) is 0.811. The minimum atomic E-state index is -1.10. The van der Waals surface area contributed by atoms with Gasteiger partial charge in [-0.05, 0) is 0 Å². The van der Waals surface area contributed by atoms with Crippen molar-refractivity contribution in [2.24, 2.45) is 0 Å².